The van der Waals surface area contributed by atoms with Crippen molar-refractivity contribution in [1.82, 2.24) is 14.9 Å². The average molecular weight is 265 g/mol. The van der Waals surface area contributed by atoms with Gasteiger partial charge in [-0.05, 0) is 13.8 Å². The number of nitrogens with two attached hydrogens (primary N) is 1. The minimum atomic E-state index is 0.0569. The molecule has 19 heavy (non-hydrogen) atoms. The van der Waals surface area contributed by atoms with Gasteiger partial charge >= 0.3 is 0 Å². The number of piperazine rings is 1. The van der Waals surface area contributed by atoms with Gasteiger partial charge in [-0.25, -0.2) is 4.98 Å². The van der Waals surface area contributed by atoms with Gasteiger partial charge in [0.25, 0.3) is 0 Å². The van der Waals surface area contributed by atoms with Crippen LogP contribution < -0.4 is 15.4 Å². The van der Waals surface area contributed by atoms with Crippen molar-refractivity contribution in [3.63, 3.8) is 0 Å². The summed E-state index contributed by atoms with van der Waals surface area (Å²) < 4.78 is 5.13. The maximum Gasteiger partial charge on any atom is 0.228 e. The fourth-order valence-corrected chi connectivity index (χ4v) is 2.24. The van der Waals surface area contributed by atoms with Crippen LogP contribution in [-0.2, 0) is 0 Å². The molecule has 106 valence electrons. The molecule has 0 aromatic carbocycles. The third kappa shape index (κ3) is 3.13. The van der Waals surface area contributed by atoms with Crippen LogP contribution in [0.4, 0.5) is 5.95 Å². The largest absolute Gasteiger partial charge is 0.481 e. The summed E-state index contributed by atoms with van der Waals surface area (Å²) in [4.78, 5) is 13.3. The first kappa shape index (κ1) is 14.0. The number of hydrogen-bond acceptors (Lipinski definition) is 6. The van der Waals surface area contributed by atoms with E-state index in [1.165, 1.54) is 0 Å². The Bertz CT molecular complexity index is 415. The molecular weight excluding hydrogens is 242 g/mol. The molecule has 1 fully saturated rings. The number of nitrogens with zero attached hydrogens (tertiary/aromatic N) is 4. The minimum absolute atomic E-state index is 0.0569. The average Bonchev–Trinajstić information content (AvgIpc) is 2.47. The van der Waals surface area contributed by atoms with Crippen LogP contribution in [0.2, 0.25) is 0 Å². The molecule has 0 radical (unpaired) electrons. The van der Waals surface area contributed by atoms with Gasteiger partial charge in [0.05, 0.1) is 7.11 Å². The van der Waals surface area contributed by atoms with Crippen molar-refractivity contribution in [3.05, 3.63) is 12.3 Å². The van der Waals surface area contributed by atoms with Crippen molar-refractivity contribution in [2.24, 2.45) is 5.73 Å². The normalized spacial score (nSPS) is 17.6. The van der Waals surface area contributed by atoms with E-state index in [2.05, 4.69) is 33.6 Å². The van der Waals surface area contributed by atoms with Gasteiger partial charge in [-0.2, -0.15) is 4.98 Å². The summed E-state index contributed by atoms with van der Waals surface area (Å²) >= 11 is 0. The second kappa shape index (κ2) is 5.71. The van der Waals surface area contributed by atoms with Gasteiger partial charge in [0, 0.05) is 50.5 Å². The molecule has 0 bridgehead atoms. The number of ether oxygens (including phenoxy) is 1. The fraction of sp³-hybridized carbons (Fsp3) is 0.692. The standard InChI is InChI=1S/C13H23N5O/c1-13(2,10-14)18-8-6-17(7-9-18)12-15-5-4-11(16-12)19-3/h4-5H,6-10,14H2,1-3H3. The Morgan fingerprint density at radius 1 is 1.32 bits per heavy atom. The highest BCUT2D eigenvalue weighted by atomic mass is 16.5. The van der Waals surface area contributed by atoms with E-state index in [9.17, 15) is 0 Å². The summed E-state index contributed by atoms with van der Waals surface area (Å²) in [5.74, 6) is 1.35. The van der Waals surface area contributed by atoms with Crippen molar-refractivity contribution < 1.29 is 4.74 Å². The molecule has 0 unspecified atom stereocenters. The molecule has 6 nitrogen and oxygen atoms in total. The third-order valence-electron chi connectivity index (χ3n) is 3.74. The van der Waals surface area contributed by atoms with Gasteiger partial charge in [-0.15, -0.1) is 0 Å². The van der Waals surface area contributed by atoms with E-state index in [0.717, 1.165) is 32.1 Å². The number of rotatable bonds is 4. The van der Waals surface area contributed by atoms with Crippen molar-refractivity contribution >= 4 is 5.95 Å². The van der Waals surface area contributed by atoms with E-state index in [4.69, 9.17) is 10.5 Å². The molecule has 2 N–H and O–H groups in total. The van der Waals surface area contributed by atoms with Gasteiger partial charge in [-0.1, -0.05) is 0 Å². The van der Waals surface area contributed by atoms with Crippen molar-refractivity contribution in [2.75, 3.05) is 44.7 Å². The van der Waals surface area contributed by atoms with Gasteiger partial charge in [0.2, 0.25) is 11.8 Å². The molecule has 1 aliphatic heterocycles. The maximum absolute atomic E-state index is 5.82. The summed E-state index contributed by atoms with van der Waals surface area (Å²) in [5, 5.41) is 0. The van der Waals surface area contributed by atoms with Crippen LogP contribution in [0.15, 0.2) is 12.3 Å². The van der Waals surface area contributed by atoms with Crippen molar-refractivity contribution in [3.8, 4) is 5.88 Å². The molecule has 0 spiro atoms. The van der Waals surface area contributed by atoms with Crippen LogP contribution in [0.25, 0.3) is 0 Å². The zero-order chi connectivity index (χ0) is 13.9. The molecule has 0 atom stereocenters. The van der Waals surface area contributed by atoms with Gasteiger partial charge in [0.1, 0.15) is 0 Å². The minimum Gasteiger partial charge on any atom is -0.481 e. The molecule has 2 rings (SSSR count). The number of methoxy groups -OCH3 is 1. The smallest absolute Gasteiger partial charge is 0.228 e. The molecule has 0 saturated carbocycles. The van der Waals surface area contributed by atoms with Crippen LogP contribution in [0.3, 0.4) is 0 Å². The van der Waals surface area contributed by atoms with E-state index in [0.29, 0.717) is 12.4 Å². The Labute approximate surface area is 114 Å². The lowest BCUT2D eigenvalue weighted by atomic mass is 10.0. The highest BCUT2D eigenvalue weighted by Gasteiger charge is 2.29. The molecule has 1 aromatic heterocycles. The van der Waals surface area contributed by atoms with Gasteiger partial charge in [0.15, 0.2) is 0 Å². The molecule has 0 amide bonds. The Hall–Kier alpha value is -1.40. The Morgan fingerprint density at radius 2 is 2.00 bits per heavy atom. The first-order valence-corrected chi connectivity index (χ1v) is 6.64. The van der Waals surface area contributed by atoms with E-state index in [1.807, 2.05) is 0 Å². The maximum atomic E-state index is 5.82. The van der Waals surface area contributed by atoms with Crippen molar-refractivity contribution in [2.45, 2.75) is 19.4 Å². The summed E-state index contributed by atoms with van der Waals surface area (Å²) in [6.07, 6.45) is 1.73. The summed E-state index contributed by atoms with van der Waals surface area (Å²) in [7, 11) is 1.62. The molecule has 1 saturated heterocycles. The highest BCUT2D eigenvalue weighted by molar-refractivity contribution is 5.32. The van der Waals surface area contributed by atoms with E-state index < -0.39 is 0 Å². The number of anilines is 1. The fourth-order valence-electron chi connectivity index (χ4n) is 2.24. The summed E-state index contributed by atoms with van der Waals surface area (Å²) in [6, 6.07) is 1.76. The molecule has 1 aliphatic rings. The lowest BCUT2D eigenvalue weighted by molar-refractivity contribution is 0.118. The summed E-state index contributed by atoms with van der Waals surface area (Å²) in [5.41, 5.74) is 5.88. The quantitative estimate of drug-likeness (QED) is 0.847. The first-order chi connectivity index (χ1) is 9.06. The number of aromatic nitrogens is 2. The predicted molar refractivity (Wildman–Crippen MR) is 75.5 cm³/mol. The summed E-state index contributed by atoms with van der Waals surface area (Å²) in [6.45, 7) is 8.82. The second-order valence-corrected chi connectivity index (χ2v) is 5.39. The molecular formula is C13H23N5O. The lowest BCUT2D eigenvalue weighted by Crippen LogP contribution is -2.57. The third-order valence-corrected chi connectivity index (χ3v) is 3.74. The number of hydrogen-bond donors (Lipinski definition) is 1. The van der Waals surface area contributed by atoms with Gasteiger partial charge in [-0.3, -0.25) is 4.90 Å². The van der Waals surface area contributed by atoms with E-state index in [-0.39, 0.29) is 5.54 Å². The van der Waals surface area contributed by atoms with Crippen LogP contribution in [-0.4, -0.2) is 60.2 Å². The van der Waals surface area contributed by atoms with E-state index in [1.54, 1.807) is 19.4 Å². The first-order valence-electron chi connectivity index (χ1n) is 6.64. The van der Waals surface area contributed by atoms with Crippen LogP contribution in [0.1, 0.15) is 13.8 Å². The van der Waals surface area contributed by atoms with Gasteiger partial charge < -0.3 is 15.4 Å². The topological polar surface area (TPSA) is 67.5 Å². The van der Waals surface area contributed by atoms with Crippen LogP contribution in [0, 0.1) is 0 Å². The highest BCUT2D eigenvalue weighted by Crippen LogP contribution is 2.19. The zero-order valence-electron chi connectivity index (χ0n) is 12.0. The molecule has 6 heteroatoms. The molecule has 2 heterocycles. The zero-order valence-corrected chi connectivity index (χ0v) is 12.0. The Morgan fingerprint density at radius 3 is 2.58 bits per heavy atom. The predicted octanol–water partition coefficient (Wildman–Crippen LogP) is 0.345. The van der Waals surface area contributed by atoms with Crippen LogP contribution >= 0.6 is 0 Å². The lowest BCUT2D eigenvalue weighted by Gasteiger charge is -2.43. The monoisotopic (exact) mass is 265 g/mol. The molecule has 0 aliphatic carbocycles. The van der Waals surface area contributed by atoms with E-state index >= 15 is 0 Å². The second-order valence-electron chi connectivity index (χ2n) is 5.39. The Kier molecular flexibility index (Phi) is 4.21. The van der Waals surface area contributed by atoms with Crippen molar-refractivity contribution in [1.29, 1.82) is 0 Å². The Balaban J connectivity index is 1.99. The SMILES string of the molecule is COc1ccnc(N2CCN(C(C)(C)CN)CC2)n1. The van der Waals surface area contributed by atoms with Crippen LogP contribution in [0.5, 0.6) is 5.88 Å². The molecule has 1 aromatic rings.